The topological polar surface area (TPSA) is 78.9 Å². The van der Waals surface area contributed by atoms with E-state index in [0.717, 1.165) is 22.3 Å². The molecule has 1 aliphatic rings. The second-order valence-corrected chi connectivity index (χ2v) is 7.08. The van der Waals surface area contributed by atoms with Crippen LogP contribution in [-0.2, 0) is 35.0 Å². The summed E-state index contributed by atoms with van der Waals surface area (Å²) in [6, 6.07) is 17.4. The third-order valence-electron chi connectivity index (χ3n) is 5.30. The number of rotatable bonds is 8. The number of carbonyl (C=O) groups is 3. The van der Waals surface area contributed by atoms with Crippen LogP contribution in [0.2, 0.25) is 0 Å². The van der Waals surface area contributed by atoms with Crippen molar-refractivity contribution in [1.82, 2.24) is 0 Å². The number of ether oxygens (including phenoxy) is 3. The van der Waals surface area contributed by atoms with Crippen molar-refractivity contribution in [2.24, 2.45) is 11.8 Å². The summed E-state index contributed by atoms with van der Waals surface area (Å²) < 4.78 is 15.4. The Morgan fingerprint density at radius 3 is 2.00 bits per heavy atom. The number of esters is 3. The molecular formula is C25H26O6. The van der Waals surface area contributed by atoms with Crippen molar-refractivity contribution >= 4 is 23.5 Å². The fourth-order valence-corrected chi connectivity index (χ4v) is 4.04. The maximum absolute atomic E-state index is 13.0. The zero-order chi connectivity index (χ0) is 22.4. The standard InChI is InChI=1S/C25H26O6/c1-4-30-24(27)22(25(28)31-5-2)21(23(26)29-3)19-15-17-13-9-10-14-18(17)20(19)16-11-7-6-8-12-16/h6-14,21-22H,4-5,15H2,1-3H3/t21-/m1/s1. The maximum atomic E-state index is 13.0. The van der Waals surface area contributed by atoms with E-state index in [1.807, 2.05) is 54.6 Å². The lowest BCUT2D eigenvalue weighted by molar-refractivity contribution is -0.169. The second kappa shape index (κ2) is 10.1. The van der Waals surface area contributed by atoms with Gasteiger partial charge in [-0.2, -0.15) is 0 Å². The van der Waals surface area contributed by atoms with Gasteiger partial charge in [0.1, 0.15) is 5.92 Å². The summed E-state index contributed by atoms with van der Waals surface area (Å²) in [5.41, 5.74) is 4.33. The van der Waals surface area contributed by atoms with Crippen molar-refractivity contribution in [3.05, 3.63) is 76.9 Å². The molecule has 0 unspecified atom stereocenters. The van der Waals surface area contributed by atoms with Gasteiger partial charge in [0, 0.05) is 0 Å². The summed E-state index contributed by atoms with van der Waals surface area (Å²) >= 11 is 0. The molecule has 0 spiro atoms. The van der Waals surface area contributed by atoms with E-state index in [0.29, 0.717) is 12.0 Å². The highest BCUT2D eigenvalue weighted by Gasteiger charge is 2.46. The highest BCUT2D eigenvalue weighted by molar-refractivity contribution is 6.02. The van der Waals surface area contributed by atoms with Crippen LogP contribution in [0.25, 0.3) is 5.57 Å². The molecule has 0 saturated carbocycles. The van der Waals surface area contributed by atoms with Gasteiger partial charge in [0.15, 0.2) is 5.92 Å². The quantitative estimate of drug-likeness (QED) is 0.368. The van der Waals surface area contributed by atoms with Gasteiger partial charge in [0.25, 0.3) is 0 Å². The van der Waals surface area contributed by atoms with E-state index in [-0.39, 0.29) is 13.2 Å². The Labute approximate surface area is 181 Å². The van der Waals surface area contributed by atoms with Crippen molar-refractivity contribution in [3.63, 3.8) is 0 Å². The summed E-state index contributed by atoms with van der Waals surface area (Å²) in [7, 11) is 1.24. The van der Waals surface area contributed by atoms with E-state index in [1.54, 1.807) is 13.8 Å². The molecule has 2 aromatic carbocycles. The largest absolute Gasteiger partial charge is 0.469 e. The van der Waals surface area contributed by atoms with Gasteiger partial charge >= 0.3 is 17.9 Å². The first-order chi connectivity index (χ1) is 15.0. The van der Waals surface area contributed by atoms with Crippen LogP contribution in [0.1, 0.15) is 30.5 Å². The lowest BCUT2D eigenvalue weighted by Gasteiger charge is -2.24. The highest BCUT2D eigenvalue weighted by Crippen LogP contribution is 2.43. The Kier molecular flexibility index (Phi) is 7.23. The third kappa shape index (κ3) is 4.53. The molecule has 0 saturated heterocycles. The Hall–Kier alpha value is -3.41. The number of benzene rings is 2. The van der Waals surface area contributed by atoms with E-state index < -0.39 is 29.7 Å². The maximum Gasteiger partial charge on any atom is 0.321 e. The van der Waals surface area contributed by atoms with Gasteiger partial charge in [-0.3, -0.25) is 14.4 Å². The van der Waals surface area contributed by atoms with Crippen molar-refractivity contribution in [1.29, 1.82) is 0 Å². The normalized spacial score (nSPS) is 13.5. The molecule has 3 rings (SSSR count). The van der Waals surface area contributed by atoms with Gasteiger partial charge in [0.2, 0.25) is 0 Å². The first-order valence-corrected chi connectivity index (χ1v) is 10.3. The fourth-order valence-electron chi connectivity index (χ4n) is 4.04. The van der Waals surface area contributed by atoms with E-state index in [1.165, 1.54) is 7.11 Å². The molecule has 0 heterocycles. The summed E-state index contributed by atoms with van der Waals surface area (Å²) in [4.78, 5) is 38.7. The first kappa shape index (κ1) is 22.3. The van der Waals surface area contributed by atoms with E-state index in [2.05, 4.69) is 0 Å². The van der Waals surface area contributed by atoms with Crippen molar-refractivity contribution in [3.8, 4) is 0 Å². The van der Waals surface area contributed by atoms with Gasteiger partial charge < -0.3 is 14.2 Å². The smallest absolute Gasteiger partial charge is 0.321 e. The molecule has 6 nitrogen and oxygen atoms in total. The Balaban J connectivity index is 2.23. The first-order valence-electron chi connectivity index (χ1n) is 10.3. The van der Waals surface area contributed by atoms with Gasteiger partial charge in [-0.1, -0.05) is 54.6 Å². The molecule has 0 fully saturated rings. The molecule has 162 valence electrons. The lowest BCUT2D eigenvalue weighted by Crippen LogP contribution is -2.40. The monoisotopic (exact) mass is 422 g/mol. The van der Waals surface area contributed by atoms with Crippen molar-refractivity contribution < 1.29 is 28.6 Å². The molecule has 0 amide bonds. The summed E-state index contributed by atoms with van der Waals surface area (Å²) in [6.07, 6.45) is 0.412. The second-order valence-electron chi connectivity index (χ2n) is 7.08. The van der Waals surface area contributed by atoms with Crippen LogP contribution in [0, 0.1) is 11.8 Å². The number of carbonyl (C=O) groups excluding carboxylic acids is 3. The Morgan fingerprint density at radius 1 is 0.839 bits per heavy atom. The predicted octanol–water partition coefficient (Wildman–Crippen LogP) is 3.58. The number of hydrogen-bond acceptors (Lipinski definition) is 6. The van der Waals surface area contributed by atoms with Crippen LogP contribution >= 0.6 is 0 Å². The van der Waals surface area contributed by atoms with Gasteiger partial charge in [0.05, 0.1) is 20.3 Å². The molecule has 31 heavy (non-hydrogen) atoms. The van der Waals surface area contributed by atoms with Crippen LogP contribution in [0.15, 0.2) is 60.2 Å². The summed E-state index contributed by atoms with van der Waals surface area (Å²) in [5.74, 6) is -4.89. The molecule has 0 bridgehead atoms. The van der Waals surface area contributed by atoms with Gasteiger partial charge in [-0.25, -0.2) is 0 Å². The average molecular weight is 422 g/mol. The van der Waals surface area contributed by atoms with Crippen LogP contribution in [0.3, 0.4) is 0 Å². The molecule has 0 N–H and O–H groups in total. The van der Waals surface area contributed by atoms with E-state index in [9.17, 15) is 14.4 Å². The Bertz CT molecular complexity index is 974. The fraction of sp³-hybridized carbons (Fsp3) is 0.320. The van der Waals surface area contributed by atoms with Crippen LogP contribution in [0.4, 0.5) is 0 Å². The molecule has 0 aliphatic heterocycles. The zero-order valence-electron chi connectivity index (χ0n) is 17.9. The SMILES string of the molecule is CCOC(=O)C(C(=O)OCC)[C@H](C(=O)OC)C1=C(c2ccccc2)c2ccccc2C1. The number of hydrogen-bond donors (Lipinski definition) is 0. The molecule has 6 heteroatoms. The highest BCUT2D eigenvalue weighted by atomic mass is 16.6. The number of methoxy groups -OCH3 is 1. The average Bonchev–Trinajstić information content (AvgIpc) is 3.16. The lowest BCUT2D eigenvalue weighted by atomic mass is 9.81. The summed E-state index contributed by atoms with van der Waals surface area (Å²) in [5, 5.41) is 0. The Morgan fingerprint density at radius 2 is 1.42 bits per heavy atom. The van der Waals surface area contributed by atoms with E-state index in [4.69, 9.17) is 14.2 Å². The molecular weight excluding hydrogens is 396 g/mol. The van der Waals surface area contributed by atoms with Gasteiger partial charge in [-0.15, -0.1) is 0 Å². The minimum atomic E-state index is -1.45. The minimum absolute atomic E-state index is 0.0768. The van der Waals surface area contributed by atoms with Crippen molar-refractivity contribution in [2.45, 2.75) is 20.3 Å². The van der Waals surface area contributed by atoms with Crippen molar-refractivity contribution in [2.75, 3.05) is 20.3 Å². The van der Waals surface area contributed by atoms with Crippen LogP contribution < -0.4 is 0 Å². The zero-order valence-corrected chi connectivity index (χ0v) is 17.9. The minimum Gasteiger partial charge on any atom is -0.469 e. The molecule has 0 aromatic heterocycles. The molecule has 2 aromatic rings. The van der Waals surface area contributed by atoms with Crippen LogP contribution in [0.5, 0.6) is 0 Å². The van der Waals surface area contributed by atoms with Crippen LogP contribution in [-0.4, -0.2) is 38.2 Å². The predicted molar refractivity (Wildman–Crippen MR) is 115 cm³/mol. The van der Waals surface area contributed by atoms with Gasteiger partial charge in [-0.05, 0) is 48.1 Å². The summed E-state index contributed by atoms with van der Waals surface area (Å²) in [6.45, 7) is 3.45. The molecule has 1 atom stereocenters. The molecule has 0 radical (unpaired) electrons. The third-order valence-corrected chi connectivity index (χ3v) is 5.30. The molecule has 1 aliphatic carbocycles. The van der Waals surface area contributed by atoms with E-state index >= 15 is 0 Å². The number of fused-ring (bicyclic) bond motifs is 1.